The van der Waals surface area contributed by atoms with Crippen molar-refractivity contribution in [3.8, 4) is 0 Å². The molecule has 1 atom stereocenters. The van der Waals surface area contributed by atoms with Gasteiger partial charge in [-0.1, -0.05) is 61.8 Å². The number of carbonyl (C=O) groups excluding carboxylic acids is 1. The van der Waals surface area contributed by atoms with Gasteiger partial charge in [-0.2, -0.15) is 0 Å². The van der Waals surface area contributed by atoms with Gasteiger partial charge in [-0.25, -0.2) is 0 Å². The molecule has 0 spiro atoms. The van der Waals surface area contributed by atoms with Gasteiger partial charge in [-0.05, 0) is 42.3 Å². The first-order valence-corrected chi connectivity index (χ1v) is 9.99. The highest BCUT2D eigenvalue weighted by Gasteiger charge is 2.18. The van der Waals surface area contributed by atoms with E-state index in [0.717, 1.165) is 22.2 Å². The van der Waals surface area contributed by atoms with E-state index in [1.54, 1.807) is 0 Å². The first-order chi connectivity index (χ1) is 12.5. The molecule has 0 aliphatic heterocycles. The zero-order valence-electron chi connectivity index (χ0n) is 14.5. The Hall–Kier alpha value is -1.95. The van der Waals surface area contributed by atoms with E-state index in [-0.39, 0.29) is 11.0 Å². The molecule has 1 aromatic heterocycles. The Bertz CT molecular complexity index is 967. The van der Waals surface area contributed by atoms with Crippen molar-refractivity contribution in [2.45, 2.75) is 26.2 Å². The van der Waals surface area contributed by atoms with Crippen molar-refractivity contribution in [2.75, 3.05) is 5.32 Å². The van der Waals surface area contributed by atoms with Gasteiger partial charge in [0.2, 0.25) is 0 Å². The molecule has 3 nitrogen and oxygen atoms in total. The lowest BCUT2D eigenvalue weighted by Crippen LogP contribution is -2.34. The third kappa shape index (κ3) is 3.90. The van der Waals surface area contributed by atoms with E-state index in [1.165, 1.54) is 16.9 Å². The molecule has 3 aromatic rings. The molecule has 0 bridgehead atoms. The number of amides is 1. The fraction of sp³-hybridized carbons (Fsp3) is 0.200. The van der Waals surface area contributed by atoms with Gasteiger partial charge in [-0.15, -0.1) is 11.3 Å². The number of benzene rings is 2. The fourth-order valence-corrected chi connectivity index (χ4v) is 4.35. The highest BCUT2D eigenvalue weighted by molar-refractivity contribution is 7.80. The lowest BCUT2D eigenvalue weighted by molar-refractivity contribution is 0.0982. The van der Waals surface area contributed by atoms with Crippen LogP contribution in [0.4, 0.5) is 5.69 Å². The third-order valence-electron chi connectivity index (χ3n) is 4.32. The summed E-state index contributed by atoms with van der Waals surface area (Å²) < 4.78 is 0.976. The molecule has 0 radical (unpaired) electrons. The van der Waals surface area contributed by atoms with Crippen molar-refractivity contribution in [3.05, 3.63) is 64.0 Å². The summed E-state index contributed by atoms with van der Waals surface area (Å²) in [6, 6.07) is 15.7. The van der Waals surface area contributed by atoms with Crippen molar-refractivity contribution in [3.63, 3.8) is 0 Å². The van der Waals surface area contributed by atoms with Gasteiger partial charge in [0.25, 0.3) is 5.91 Å². The number of thiocarbonyl (C=S) groups is 1. The number of thiophene rings is 1. The second-order valence-electron chi connectivity index (χ2n) is 6.05. The van der Waals surface area contributed by atoms with Crippen LogP contribution in [0.3, 0.4) is 0 Å². The van der Waals surface area contributed by atoms with Crippen molar-refractivity contribution in [2.24, 2.45) is 0 Å². The molecular weight excluding hydrogens is 384 g/mol. The van der Waals surface area contributed by atoms with Gasteiger partial charge in [0.1, 0.15) is 4.88 Å². The average molecular weight is 403 g/mol. The summed E-state index contributed by atoms with van der Waals surface area (Å²) in [5, 5.41) is 7.49. The largest absolute Gasteiger partial charge is 0.332 e. The molecule has 0 aliphatic rings. The smallest absolute Gasteiger partial charge is 0.269 e. The molecule has 2 aromatic carbocycles. The fourth-order valence-electron chi connectivity index (χ4n) is 2.73. The average Bonchev–Trinajstić information content (AvgIpc) is 2.98. The number of carbonyl (C=O) groups is 1. The van der Waals surface area contributed by atoms with Crippen LogP contribution in [0.25, 0.3) is 10.1 Å². The predicted octanol–water partition coefficient (Wildman–Crippen LogP) is 6.20. The molecule has 1 heterocycles. The Kier molecular flexibility index (Phi) is 5.91. The minimum Gasteiger partial charge on any atom is -0.332 e. The van der Waals surface area contributed by atoms with Gasteiger partial charge in [0.15, 0.2) is 5.11 Å². The maximum atomic E-state index is 12.6. The standard InChI is InChI=1S/C20H19ClN2OS2/c1-3-12(2)13-8-4-6-10-15(13)22-20(25)23-19(24)18-17(21)14-9-5-7-11-16(14)26-18/h4-12H,3H2,1-2H3,(H2,22,23,24,25)/t12-/m0/s1. The van der Waals surface area contributed by atoms with Crippen LogP contribution in [0.2, 0.25) is 5.02 Å². The predicted molar refractivity (Wildman–Crippen MR) is 116 cm³/mol. The van der Waals surface area contributed by atoms with Crippen LogP contribution in [-0.4, -0.2) is 11.0 Å². The zero-order valence-corrected chi connectivity index (χ0v) is 16.9. The topological polar surface area (TPSA) is 41.1 Å². The highest BCUT2D eigenvalue weighted by Crippen LogP contribution is 2.35. The minimum absolute atomic E-state index is 0.263. The summed E-state index contributed by atoms with van der Waals surface area (Å²) in [5.74, 6) is 0.101. The third-order valence-corrected chi connectivity index (χ3v) is 6.20. The molecule has 0 saturated heterocycles. The normalized spacial score (nSPS) is 12.0. The number of fused-ring (bicyclic) bond motifs is 1. The molecule has 1 amide bonds. The van der Waals surface area contributed by atoms with Gasteiger partial charge in [-0.3, -0.25) is 10.1 Å². The van der Waals surface area contributed by atoms with E-state index < -0.39 is 0 Å². The number of anilines is 1. The number of nitrogens with one attached hydrogen (secondary N) is 2. The van der Waals surface area contributed by atoms with Crippen molar-refractivity contribution >= 4 is 61.9 Å². The Labute approximate surface area is 167 Å². The lowest BCUT2D eigenvalue weighted by atomic mass is 9.97. The summed E-state index contributed by atoms with van der Waals surface area (Å²) in [4.78, 5) is 13.1. The second kappa shape index (κ2) is 8.16. The number of hydrogen-bond acceptors (Lipinski definition) is 3. The second-order valence-corrected chi connectivity index (χ2v) is 7.88. The van der Waals surface area contributed by atoms with E-state index in [9.17, 15) is 4.79 Å². The monoisotopic (exact) mass is 402 g/mol. The summed E-state index contributed by atoms with van der Waals surface area (Å²) in [6.45, 7) is 4.31. The van der Waals surface area contributed by atoms with Gasteiger partial charge >= 0.3 is 0 Å². The Morgan fingerprint density at radius 2 is 1.88 bits per heavy atom. The van der Waals surface area contributed by atoms with Crippen molar-refractivity contribution in [1.82, 2.24) is 5.32 Å². The van der Waals surface area contributed by atoms with E-state index in [1.807, 2.05) is 42.5 Å². The van der Waals surface area contributed by atoms with Crippen molar-refractivity contribution < 1.29 is 4.79 Å². The molecule has 0 saturated carbocycles. The van der Waals surface area contributed by atoms with E-state index in [4.69, 9.17) is 23.8 Å². The van der Waals surface area contributed by atoms with Crippen LogP contribution in [0.5, 0.6) is 0 Å². The van der Waals surface area contributed by atoms with Crippen LogP contribution in [0.15, 0.2) is 48.5 Å². The number of rotatable bonds is 4. The summed E-state index contributed by atoms with van der Waals surface area (Å²) in [6.07, 6.45) is 1.02. The zero-order chi connectivity index (χ0) is 18.7. The molecule has 0 unspecified atom stereocenters. The Morgan fingerprint density at radius 3 is 2.62 bits per heavy atom. The van der Waals surface area contributed by atoms with Gasteiger partial charge < -0.3 is 5.32 Å². The summed E-state index contributed by atoms with van der Waals surface area (Å²) in [7, 11) is 0. The van der Waals surface area contributed by atoms with Crippen molar-refractivity contribution in [1.29, 1.82) is 0 Å². The van der Waals surface area contributed by atoms with Gasteiger partial charge in [0.05, 0.1) is 5.02 Å². The van der Waals surface area contributed by atoms with Gasteiger partial charge in [0, 0.05) is 15.8 Å². The van der Waals surface area contributed by atoms with Crippen LogP contribution < -0.4 is 10.6 Å². The van der Waals surface area contributed by atoms with E-state index >= 15 is 0 Å². The van der Waals surface area contributed by atoms with Crippen LogP contribution in [-0.2, 0) is 0 Å². The molecule has 0 aliphatic carbocycles. The summed E-state index contributed by atoms with van der Waals surface area (Å²) >= 11 is 13.1. The van der Waals surface area contributed by atoms with Crippen LogP contribution in [0.1, 0.15) is 41.4 Å². The first-order valence-electron chi connectivity index (χ1n) is 8.39. The number of para-hydroxylation sites is 1. The molecule has 6 heteroatoms. The number of hydrogen-bond donors (Lipinski definition) is 2. The highest BCUT2D eigenvalue weighted by atomic mass is 35.5. The quantitative estimate of drug-likeness (QED) is 0.511. The molecule has 0 fully saturated rings. The van der Waals surface area contributed by atoms with Crippen LogP contribution >= 0.6 is 35.2 Å². The SMILES string of the molecule is CC[C@H](C)c1ccccc1NC(=S)NC(=O)c1sc2ccccc2c1Cl. The van der Waals surface area contributed by atoms with Crippen LogP contribution in [0, 0.1) is 0 Å². The Balaban J connectivity index is 1.76. The van der Waals surface area contributed by atoms with E-state index in [0.29, 0.717) is 15.8 Å². The molecule has 134 valence electrons. The van der Waals surface area contributed by atoms with E-state index in [2.05, 4.69) is 30.5 Å². The Morgan fingerprint density at radius 1 is 1.19 bits per heavy atom. The first kappa shape index (κ1) is 18.8. The lowest BCUT2D eigenvalue weighted by Gasteiger charge is -2.17. The molecular formula is C20H19ClN2OS2. The molecule has 3 rings (SSSR count). The molecule has 2 N–H and O–H groups in total. The maximum absolute atomic E-state index is 12.6. The summed E-state index contributed by atoms with van der Waals surface area (Å²) in [5.41, 5.74) is 2.08. The maximum Gasteiger partial charge on any atom is 0.269 e. The molecule has 26 heavy (non-hydrogen) atoms. The number of halogens is 1. The minimum atomic E-state index is -0.297.